The predicted molar refractivity (Wildman–Crippen MR) is 144 cm³/mol. The van der Waals surface area contributed by atoms with E-state index in [1.807, 2.05) is 12.1 Å². The fraction of sp³-hybridized carbons (Fsp3) is 0.0625. The van der Waals surface area contributed by atoms with Gasteiger partial charge in [-0.3, -0.25) is 0 Å². The second kappa shape index (κ2) is 9.93. The van der Waals surface area contributed by atoms with Crippen molar-refractivity contribution in [3.63, 3.8) is 0 Å². The maximum atomic E-state index is 12.7. The third-order valence-corrected chi connectivity index (χ3v) is 6.85. The highest BCUT2D eigenvalue weighted by atomic mass is 16.6. The summed E-state index contributed by atoms with van der Waals surface area (Å²) in [4.78, 5) is 72.3. The number of carbonyl (C=O) groups excluding carboxylic acids is 6. The molecule has 10 heteroatoms. The van der Waals surface area contributed by atoms with E-state index >= 15 is 0 Å². The van der Waals surface area contributed by atoms with E-state index in [1.54, 1.807) is 38.1 Å². The molecule has 0 amide bonds. The number of hydrogen-bond acceptors (Lipinski definition) is 10. The van der Waals surface area contributed by atoms with Gasteiger partial charge in [0, 0.05) is 0 Å². The van der Waals surface area contributed by atoms with Crippen molar-refractivity contribution in [2.24, 2.45) is 0 Å². The first kappa shape index (κ1) is 26.3. The Kier molecular flexibility index (Phi) is 6.23. The van der Waals surface area contributed by atoms with Crippen molar-refractivity contribution in [2.45, 2.75) is 13.8 Å². The van der Waals surface area contributed by atoms with Crippen molar-refractivity contribution in [2.75, 3.05) is 0 Å². The van der Waals surface area contributed by atoms with E-state index < -0.39 is 35.8 Å². The molecule has 0 saturated heterocycles. The smallest absolute Gasteiger partial charge is 0.346 e. The van der Waals surface area contributed by atoms with Crippen LogP contribution >= 0.6 is 0 Å². The maximum Gasteiger partial charge on any atom is 0.346 e. The van der Waals surface area contributed by atoms with Gasteiger partial charge in [-0.25, -0.2) is 28.8 Å². The summed E-state index contributed by atoms with van der Waals surface area (Å²) in [7, 11) is 0. The normalized spacial score (nSPS) is 13.3. The topological polar surface area (TPSA) is 139 Å². The molecule has 4 aromatic rings. The minimum Gasteiger partial charge on any atom is -0.423 e. The molecule has 0 bridgehead atoms. The Bertz CT molecular complexity index is 1780. The average molecular weight is 562 g/mol. The highest BCUT2D eigenvalue weighted by Gasteiger charge is 2.31. The Labute approximate surface area is 237 Å². The first-order chi connectivity index (χ1) is 20.1. The van der Waals surface area contributed by atoms with E-state index in [0.717, 1.165) is 11.1 Å². The van der Waals surface area contributed by atoms with Crippen LogP contribution in [0.25, 0.3) is 11.1 Å². The molecule has 0 N–H and O–H groups in total. The monoisotopic (exact) mass is 562 g/mol. The number of aryl methyl sites for hydroxylation is 2. The van der Waals surface area contributed by atoms with Gasteiger partial charge in [0.1, 0.15) is 11.5 Å². The van der Waals surface area contributed by atoms with Crippen LogP contribution in [0.2, 0.25) is 0 Å². The number of ether oxygens (including phenoxy) is 4. The number of benzene rings is 4. The van der Waals surface area contributed by atoms with Gasteiger partial charge in [-0.15, -0.1) is 0 Å². The van der Waals surface area contributed by atoms with Crippen molar-refractivity contribution in [3.05, 3.63) is 117 Å². The van der Waals surface area contributed by atoms with Gasteiger partial charge < -0.3 is 18.9 Å². The van der Waals surface area contributed by atoms with E-state index in [2.05, 4.69) is 9.47 Å². The molecule has 0 unspecified atom stereocenters. The Morgan fingerprint density at radius 2 is 0.881 bits per heavy atom. The van der Waals surface area contributed by atoms with Crippen LogP contribution in [0.15, 0.2) is 72.8 Å². The standard InChI is InChI=1S/C32H18O10/c1-15-11-17(5-9-25(15)39-27(33)19-3-7-21-23(13-19)31(37)41-29(21)35)18-6-10-26(16(2)12-18)40-28(34)20-4-8-22-24(14-20)32(38)42-30(22)36/h3-14H,1-2H3. The molecule has 0 radical (unpaired) electrons. The van der Waals surface area contributed by atoms with Crippen molar-refractivity contribution < 1.29 is 47.7 Å². The zero-order chi connectivity index (χ0) is 29.7. The molecule has 0 spiro atoms. The molecule has 0 saturated carbocycles. The van der Waals surface area contributed by atoms with E-state index in [9.17, 15) is 28.8 Å². The summed E-state index contributed by atoms with van der Waals surface area (Å²) in [5.74, 6) is -3.91. The van der Waals surface area contributed by atoms with Gasteiger partial charge in [0.05, 0.1) is 33.4 Å². The third kappa shape index (κ3) is 4.60. The SMILES string of the molecule is Cc1cc(-c2ccc(OC(=O)c3ccc4c(c3)C(=O)OC4=O)c(C)c2)ccc1OC(=O)c1ccc2c(c1)C(=O)OC2=O. The van der Waals surface area contributed by atoms with Crippen molar-refractivity contribution in [3.8, 4) is 22.6 Å². The fourth-order valence-electron chi connectivity index (χ4n) is 4.63. The van der Waals surface area contributed by atoms with Crippen molar-refractivity contribution in [1.29, 1.82) is 0 Å². The van der Waals surface area contributed by atoms with E-state index in [0.29, 0.717) is 22.6 Å². The molecule has 206 valence electrons. The number of esters is 6. The number of fused-ring (bicyclic) bond motifs is 2. The second-order valence-electron chi connectivity index (χ2n) is 9.61. The van der Waals surface area contributed by atoms with Gasteiger partial charge in [0.25, 0.3) is 0 Å². The highest BCUT2D eigenvalue weighted by molar-refractivity contribution is 6.16. The summed E-state index contributed by atoms with van der Waals surface area (Å²) in [6.07, 6.45) is 0. The molecular formula is C32H18O10. The molecule has 0 atom stereocenters. The predicted octanol–water partition coefficient (Wildman–Crippen LogP) is 5.03. The summed E-state index contributed by atoms with van der Waals surface area (Å²) >= 11 is 0. The quantitative estimate of drug-likeness (QED) is 0.185. The van der Waals surface area contributed by atoms with Crippen LogP contribution in [0.4, 0.5) is 0 Å². The van der Waals surface area contributed by atoms with Gasteiger partial charge in [0.15, 0.2) is 0 Å². The lowest BCUT2D eigenvalue weighted by Crippen LogP contribution is -2.10. The summed E-state index contributed by atoms with van der Waals surface area (Å²) in [6, 6.07) is 18.5. The zero-order valence-corrected chi connectivity index (χ0v) is 22.0. The van der Waals surface area contributed by atoms with Gasteiger partial charge in [-0.2, -0.15) is 0 Å². The molecule has 2 heterocycles. The first-order valence-electron chi connectivity index (χ1n) is 12.6. The molecule has 0 aromatic heterocycles. The number of hydrogen-bond donors (Lipinski definition) is 0. The Balaban J connectivity index is 1.16. The zero-order valence-electron chi connectivity index (χ0n) is 22.0. The van der Waals surface area contributed by atoms with Gasteiger partial charge in [-0.1, -0.05) is 12.1 Å². The van der Waals surface area contributed by atoms with Gasteiger partial charge >= 0.3 is 35.8 Å². The van der Waals surface area contributed by atoms with Crippen LogP contribution in [-0.4, -0.2) is 35.8 Å². The first-order valence-corrected chi connectivity index (χ1v) is 12.6. The number of cyclic esters (lactones) is 4. The van der Waals surface area contributed by atoms with E-state index in [1.165, 1.54) is 36.4 Å². The third-order valence-electron chi connectivity index (χ3n) is 6.85. The molecule has 2 aliphatic heterocycles. The van der Waals surface area contributed by atoms with Crippen LogP contribution in [-0.2, 0) is 9.47 Å². The number of rotatable bonds is 5. The van der Waals surface area contributed by atoms with E-state index in [4.69, 9.17) is 9.47 Å². The van der Waals surface area contributed by atoms with Crippen LogP contribution < -0.4 is 9.47 Å². The summed E-state index contributed by atoms with van der Waals surface area (Å²) < 4.78 is 20.2. The van der Waals surface area contributed by atoms with Crippen LogP contribution in [0, 0.1) is 13.8 Å². The van der Waals surface area contributed by atoms with Crippen molar-refractivity contribution >= 4 is 35.8 Å². The molecule has 10 nitrogen and oxygen atoms in total. The molecular weight excluding hydrogens is 544 g/mol. The fourth-order valence-corrected chi connectivity index (χ4v) is 4.63. The van der Waals surface area contributed by atoms with Crippen LogP contribution in [0.3, 0.4) is 0 Å². The molecule has 42 heavy (non-hydrogen) atoms. The Morgan fingerprint density at radius 3 is 1.26 bits per heavy atom. The van der Waals surface area contributed by atoms with Crippen LogP contribution in [0.5, 0.6) is 11.5 Å². The maximum absolute atomic E-state index is 12.7. The molecule has 2 aliphatic rings. The minimum absolute atomic E-state index is 0.0134. The summed E-state index contributed by atoms with van der Waals surface area (Å²) in [5, 5.41) is 0. The molecule has 6 rings (SSSR count). The Morgan fingerprint density at radius 1 is 0.500 bits per heavy atom. The minimum atomic E-state index is -0.811. The highest BCUT2D eigenvalue weighted by Crippen LogP contribution is 2.31. The second-order valence-corrected chi connectivity index (χ2v) is 9.61. The lowest BCUT2D eigenvalue weighted by atomic mass is 10.0. The number of carbonyl (C=O) groups is 6. The summed E-state index contributed by atoms with van der Waals surface area (Å²) in [6.45, 7) is 3.54. The molecule has 0 fully saturated rings. The van der Waals surface area contributed by atoms with E-state index in [-0.39, 0.29) is 33.4 Å². The lowest BCUT2D eigenvalue weighted by molar-refractivity contribution is 0.0425. The Hall–Kier alpha value is -5.90. The van der Waals surface area contributed by atoms with Gasteiger partial charge in [0.2, 0.25) is 0 Å². The largest absolute Gasteiger partial charge is 0.423 e. The average Bonchev–Trinajstić information content (AvgIpc) is 3.43. The molecule has 4 aromatic carbocycles. The van der Waals surface area contributed by atoms with Crippen LogP contribution in [0.1, 0.15) is 73.3 Å². The lowest BCUT2D eigenvalue weighted by Gasteiger charge is -2.12. The summed E-state index contributed by atoms with van der Waals surface area (Å²) in [5.41, 5.74) is 3.37. The van der Waals surface area contributed by atoms with Crippen molar-refractivity contribution in [1.82, 2.24) is 0 Å². The molecule has 0 aliphatic carbocycles. The van der Waals surface area contributed by atoms with Gasteiger partial charge in [-0.05, 0) is 96.8 Å².